The third-order valence-corrected chi connectivity index (χ3v) is 12.1. The number of para-hydroxylation sites is 1. The highest BCUT2D eigenvalue weighted by Crippen LogP contribution is 2.55. The molecule has 1 aliphatic carbocycles. The molecule has 0 N–H and O–H groups in total. The Morgan fingerprint density at radius 2 is 0.946 bits per heavy atom. The average molecular weight is 726 g/mol. The van der Waals surface area contributed by atoms with Crippen LogP contribution in [0.4, 0.5) is 17.1 Å². The number of hydrogen-bond acceptors (Lipinski definition) is 1. The quantitative estimate of drug-likeness (QED) is 0.171. The van der Waals surface area contributed by atoms with Crippen LogP contribution in [0.5, 0.6) is 0 Å². The molecule has 56 heavy (non-hydrogen) atoms. The lowest BCUT2D eigenvalue weighted by Gasteiger charge is -2.31. The minimum Gasteiger partial charge on any atom is -0.309 e. The highest BCUT2D eigenvalue weighted by atomic mass is 15.1. The molecule has 0 saturated heterocycles. The summed E-state index contributed by atoms with van der Waals surface area (Å²) in [4.78, 5) is 2.53. The van der Waals surface area contributed by atoms with E-state index in [0.717, 1.165) is 11.4 Å². The summed E-state index contributed by atoms with van der Waals surface area (Å²) in [6, 6.07) is 61.5. The first-order chi connectivity index (χ1) is 26.8. The Bertz CT molecular complexity index is 2760. The Balaban J connectivity index is 1.34. The average Bonchev–Trinajstić information content (AvgIpc) is 3.43. The first kappa shape index (κ1) is 35.8. The Hall–Kier alpha value is -5.92. The normalized spacial score (nSPS) is 13.5. The van der Waals surface area contributed by atoms with Crippen molar-refractivity contribution in [2.75, 3.05) is 4.90 Å². The molecule has 0 amide bonds. The van der Waals surface area contributed by atoms with Gasteiger partial charge in [-0.15, -0.1) is 0 Å². The molecule has 0 spiro atoms. The van der Waals surface area contributed by atoms with Crippen molar-refractivity contribution >= 4 is 38.6 Å². The van der Waals surface area contributed by atoms with Gasteiger partial charge in [-0.05, 0) is 101 Å². The Kier molecular flexibility index (Phi) is 8.36. The van der Waals surface area contributed by atoms with Crippen LogP contribution in [0.15, 0.2) is 164 Å². The third-order valence-electron chi connectivity index (χ3n) is 12.1. The summed E-state index contributed by atoms with van der Waals surface area (Å²) in [5.41, 5.74) is 16.4. The zero-order valence-electron chi connectivity index (χ0n) is 34.0. The first-order valence-corrected chi connectivity index (χ1v) is 20.1. The van der Waals surface area contributed by atoms with Gasteiger partial charge in [0.25, 0.3) is 0 Å². The predicted octanol–water partition coefficient (Wildman–Crippen LogP) is 15.7. The molecule has 0 bridgehead atoms. The lowest BCUT2D eigenvalue weighted by atomic mass is 9.78. The van der Waals surface area contributed by atoms with Gasteiger partial charge in [0.05, 0.1) is 11.4 Å². The molecule has 0 aromatic heterocycles. The van der Waals surface area contributed by atoms with E-state index in [9.17, 15) is 0 Å². The van der Waals surface area contributed by atoms with Gasteiger partial charge in [-0.25, -0.2) is 0 Å². The second-order valence-electron chi connectivity index (χ2n) is 18.3. The monoisotopic (exact) mass is 725 g/mol. The van der Waals surface area contributed by atoms with E-state index in [2.05, 4.69) is 224 Å². The maximum absolute atomic E-state index is 2.53. The van der Waals surface area contributed by atoms with Crippen LogP contribution in [-0.2, 0) is 16.2 Å². The van der Waals surface area contributed by atoms with Gasteiger partial charge in [0, 0.05) is 22.2 Å². The van der Waals surface area contributed by atoms with Crippen LogP contribution in [0, 0.1) is 0 Å². The van der Waals surface area contributed by atoms with Gasteiger partial charge in [-0.1, -0.05) is 195 Å². The molecule has 0 unspecified atom stereocenters. The number of benzene rings is 8. The van der Waals surface area contributed by atoms with Crippen molar-refractivity contribution in [3.8, 4) is 33.4 Å². The molecule has 8 aromatic rings. The van der Waals surface area contributed by atoms with E-state index >= 15 is 0 Å². The standard InChI is InChI=1S/C55H51N/c1-53(2,3)40-32-39(33-41(35-40)54(4,5)6)43-24-15-20-37-21-16-25-45(51(37)43)44-22-12-14-28-49(44)56(42-31-30-36-18-9-10-19-38(36)34-42)50-29-17-27-48-52(50)46-23-11-13-26-47(46)55(48,7)8/h9-35H,1-8H3. The van der Waals surface area contributed by atoms with Crippen molar-refractivity contribution in [1.82, 2.24) is 0 Å². The van der Waals surface area contributed by atoms with E-state index < -0.39 is 0 Å². The molecule has 1 heteroatoms. The fraction of sp³-hybridized carbons (Fsp3) is 0.200. The molecule has 0 aliphatic heterocycles. The second-order valence-corrected chi connectivity index (χ2v) is 18.3. The molecule has 0 fully saturated rings. The SMILES string of the molecule is CC(C)(C)c1cc(-c2cccc3cccc(-c4ccccc4N(c4ccc5ccccc5c4)c4cccc5c4-c4ccccc4C5(C)C)c23)cc(C(C)(C)C)c1. The van der Waals surface area contributed by atoms with Crippen LogP contribution >= 0.6 is 0 Å². The Morgan fingerprint density at radius 1 is 0.411 bits per heavy atom. The molecular weight excluding hydrogens is 675 g/mol. The summed E-state index contributed by atoms with van der Waals surface area (Å²) in [6.07, 6.45) is 0. The van der Waals surface area contributed by atoms with Crippen LogP contribution in [0.1, 0.15) is 77.6 Å². The summed E-state index contributed by atoms with van der Waals surface area (Å²) < 4.78 is 0. The summed E-state index contributed by atoms with van der Waals surface area (Å²) in [6.45, 7) is 18.7. The van der Waals surface area contributed by atoms with Crippen molar-refractivity contribution in [2.24, 2.45) is 0 Å². The Morgan fingerprint density at radius 3 is 1.66 bits per heavy atom. The van der Waals surface area contributed by atoms with E-state index in [1.807, 2.05) is 0 Å². The lowest BCUT2D eigenvalue weighted by Crippen LogP contribution is -2.16. The van der Waals surface area contributed by atoms with Gasteiger partial charge in [0.1, 0.15) is 0 Å². The van der Waals surface area contributed by atoms with Gasteiger partial charge in [0.2, 0.25) is 0 Å². The fourth-order valence-electron chi connectivity index (χ4n) is 9.00. The van der Waals surface area contributed by atoms with Crippen LogP contribution < -0.4 is 4.90 Å². The number of anilines is 3. The van der Waals surface area contributed by atoms with Gasteiger partial charge < -0.3 is 4.90 Å². The number of rotatable bonds is 5. The molecule has 0 heterocycles. The molecule has 0 saturated carbocycles. The molecule has 8 aromatic carbocycles. The Labute approximate surface area is 333 Å². The zero-order chi connectivity index (χ0) is 39.0. The number of nitrogens with zero attached hydrogens (tertiary/aromatic N) is 1. The minimum atomic E-state index is -0.117. The van der Waals surface area contributed by atoms with Crippen molar-refractivity contribution in [1.29, 1.82) is 0 Å². The van der Waals surface area contributed by atoms with E-state index in [1.165, 1.54) is 82.9 Å². The zero-order valence-corrected chi connectivity index (χ0v) is 34.0. The summed E-state index contributed by atoms with van der Waals surface area (Å²) in [5, 5.41) is 4.97. The van der Waals surface area contributed by atoms with E-state index in [0.29, 0.717) is 0 Å². The molecule has 9 rings (SSSR count). The van der Waals surface area contributed by atoms with Gasteiger partial charge >= 0.3 is 0 Å². The van der Waals surface area contributed by atoms with Crippen LogP contribution in [0.3, 0.4) is 0 Å². The summed E-state index contributed by atoms with van der Waals surface area (Å²) in [7, 11) is 0. The minimum absolute atomic E-state index is 0.0134. The molecular formula is C55H51N. The molecule has 1 nitrogen and oxygen atoms in total. The number of fused-ring (bicyclic) bond motifs is 5. The van der Waals surface area contributed by atoms with Crippen LogP contribution in [0.2, 0.25) is 0 Å². The third kappa shape index (κ3) is 5.93. The maximum atomic E-state index is 2.53. The van der Waals surface area contributed by atoms with Gasteiger partial charge in [-0.2, -0.15) is 0 Å². The van der Waals surface area contributed by atoms with Crippen LogP contribution in [0.25, 0.3) is 54.9 Å². The van der Waals surface area contributed by atoms with Crippen molar-refractivity contribution in [3.05, 3.63) is 186 Å². The molecule has 0 atom stereocenters. The van der Waals surface area contributed by atoms with Crippen molar-refractivity contribution in [3.63, 3.8) is 0 Å². The van der Waals surface area contributed by atoms with Crippen LogP contribution in [-0.4, -0.2) is 0 Å². The first-order valence-electron chi connectivity index (χ1n) is 20.1. The number of hydrogen-bond donors (Lipinski definition) is 0. The predicted molar refractivity (Wildman–Crippen MR) is 242 cm³/mol. The van der Waals surface area contributed by atoms with E-state index in [-0.39, 0.29) is 16.2 Å². The fourth-order valence-corrected chi connectivity index (χ4v) is 9.00. The van der Waals surface area contributed by atoms with E-state index in [1.54, 1.807) is 0 Å². The van der Waals surface area contributed by atoms with Crippen molar-refractivity contribution in [2.45, 2.75) is 71.6 Å². The van der Waals surface area contributed by atoms with Gasteiger partial charge in [-0.3, -0.25) is 0 Å². The topological polar surface area (TPSA) is 3.24 Å². The second kappa shape index (κ2) is 13.1. The van der Waals surface area contributed by atoms with E-state index in [4.69, 9.17) is 0 Å². The smallest absolute Gasteiger partial charge is 0.0543 e. The molecule has 1 aliphatic rings. The highest BCUT2D eigenvalue weighted by molar-refractivity contribution is 6.09. The maximum Gasteiger partial charge on any atom is 0.0543 e. The highest BCUT2D eigenvalue weighted by Gasteiger charge is 2.38. The summed E-state index contributed by atoms with van der Waals surface area (Å²) >= 11 is 0. The van der Waals surface area contributed by atoms with Crippen molar-refractivity contribution < 1.29 is 0 Å². The molecule has 276 valence electrons. The molecule has 0 radical (unpaired) electrons. The lowest BCUT2D eigenvalue weighted by molar-refractivity contribution is 0.569. The van der Waals surface area contributed by atoms with Gasteiger partial charge in [0.15, 0.2) is 0 Å². The largest absolute Gasteiger partial charge is 0.309 e. The summed E-state index contributed by atoms with van der Waals surface area (Å²) in [5.74, 6) is 0.